The molecule has 2 aromatic rings. The van der Waals surface area contributed by atoms with Crippen LogP contribution < -0.4 is 16.2 Å². The smallest absolute Gasteiger partial charge is 0.306 e. The van der Waals surface area contributed by atoms with E-state index >= 15 is 0 Å². The molecule has 30 heavy (non-hydrogen) atoms. The van der Waals surface area contributed by atoms with Crippen molar-refractivity contribution in [2.24, 2.45) is 0 Å². The van der Waals surface area contributed by atoms with E-state index in [1.807, 2.05) is 37.3 Å². The second-order valence-electron chi connectivity index (χ2n) is 6.38. The number of ether oxygens (including phenoxy) is 1. The van der Waals surface area contributed by atoms with Crippen LogP contribution in [0.3, 0.4) is 0 Å². The normalized spacial score (nSPS) is 10.1. The zero-order valence-corrected chi connectivity index (χ0v) is 18.8. The minimum atomic E-state index is -0.460. The summed E-state index contributed by atoms with van der Waals surface area (Å²) >= 11 is 8.33. The minimum Gasteiger partial charge on any atom is -0.465 e. The third-order valence-corrected chi connectivity index (χ3v) is 5.09. The summed E-state index contributed by atoms with van der Waals surface area (Å²) in [6, 6.07) is 14.8. The van der Waals surface area contributed by atoms with Gasteiger partial charge in [-0.3, -0.25) is 25.2 Å². The highest BCUT2D eigenvalue weighted by Crippen LogP contribution is 2.17. The Morgan fingerprint density at radius 3 is 2.47 bits per heavy atom. The van der Waals surface area contributed by atoms with Gasteiger partial charge in [0.1, 0.15) is 0 Å². The van der Waals surface area contributed by atoms with Crippen molar-refractivity contribution in [2.45, 2.75) is 26.2 Å². The number of hydrazine groups is 1. The Hall–Kier alpha value is -2.78. The summed E-state index contributed by atoms with van der Waals surface area (Å²) in [6.07, 6.45) is 0.474. The van der Waals surface area contributed by atoms with Gasteiger partial charge < -0.3 is 10.1 Å². The first-order valence-corrected chi connectivity index (χ1v) is 10.4. The molecule has 158 valence electrons. The zero-order valence-electron chi connectivity index (χ0n) is 16.4. The van der Waals surface area contributed by atoms with Crippen LogP contribution in [0.5, 0.6) is 0 Å². The Balaban J connectivity index is 1.62. The van der Waals surface area contributed by atoms with Crippen molar-refractivity contribution in [3.8, 4) is 0 Å². The van der Waals surface area contributed by atoms with Gasteiger partial charge in [-0.1, -0.05) is 52.3 Å². The molecule has 7 nitrogen and oxygen atoms in total. The van der Waals surface area contributed by atoms with E-state index in [0.717, 1.165) is 15.6 Å². The molecular formula is C21H22BrN3O4S. The Bertz CT molecular complexity index is 922. The molecule has 0 atom stereocenters. The molecule has 0 fully saturated rings. The SMILES string of the molecule is Cc1ccc(C(=O)NNC(=S)NC(=O)CCC(=O)OCCc2ccccc2)cc1Br. The Morgan fingerprint density at radius 2 is 1.77 bits per heavy atom. The van der Waals surface area contributed by atoms with Crippen LogP contribution in [0.15, 0.2) is 53.0 Å². The van der Waals surface area contributed by atoms with E-state index in [1.54, 1.807) is 18.2 Å². The summed E-state index contributed by atoms with van der Waals surface area (Å²) in [7, 11) is 0. The molecule has 0 unspecified atom stereocenters. The maximum Gasteiger partial charge on any atom is 0.306 e. The van der Waals surface area contributed by atoms with E-state index in [0.29, 0.717) is 12.0 Å². The third kappa shape index (κ3) is 8.30. The van der Waals surface area contributed by atoms with Crippen molar-refractivity contribution in [3.63, 3.8) is 0 Å². The fraction of sp³-hybridized carbons (Fsp3) is 0.238. The van der Waals surface area contributed by atoms with E-state index < -0.39 is 17.8 Å². The summed E-state index contributed by atoms with van der Waals surface area (Å²) in [6.45, 7) is 2.17. The lowest BCUT2D eigenvalue weighted by Gasteiger charge is -2.11. The molecule has 0 heterocycles. The fourth-order valence-electron chi connectivity index (χ4n) is 2.36. The first kappa shape index (κ1) is 23.5. The molecule has 0 aliphatic rings. The Kier molecular flexibility index (Phi) is 9.43. The van der Waals surface area contributed by atoms with Crippen LogP contribution in [0.25, 0.3) is 0 Å². The van der Waals surface area contributed by atoms with Crippen LogP contribution in [-0.4, -0.2) is 29.5 Å². The van der Waals surface area contributed by atoms with Crippen LogP contribution in [-0.2, 0) is 20.7 Å². The lowest BCUT2D eigenvalue weighted by molar-refractivity contribution is -0.144. The lowest BCUT2D eigenvalue weighted by atomic mass is 10.1. The summed E-state index contributed by atoms with van der Waals surface area (Å²) in [5.41, 5.74) is 7.35. The van der Waals surface area contributed by atoms with Crippen LogP contribution >= 0.6 is 28.1 Å². The average molecular weight is 492 g/mol. The van der Waals surface area contributed by atoms with Crippen molar-refractivity contribution in [1.29, 1.82) is 0 Å². The number of esters is 1. The number of carbonyl (C=O) groups is 3. The molecule has 2 amide bonds. The number of rotatable bonds is 7. The van der Waals surface area contributed by atoms with Crippen molar-refractivity contribution in [3.05, 3.63) is 69.7 Å². The predicted molar refractivity (Wildman–Crippen MR) is 121 cm³/mol. The van der Waals surface area contributed by atoms with Crippen LogP contribution in [0.4, 0.5) is 0 Å². The number of amides is 2. The van der Waals surface area contributed by atoms with Gasteiger partial charge in [0, 0.05) is 22.9 Å². The summed E-state index contributed by atoms with van der Waals surface area (Å²) < 4.78 is 5.93. The van der Waals surface area contributed by atoms with E-state index in [-0.39, 0.29) is 24.6 Å². The van der Waals surface area contributed by atoms with Crippen molar-refractivity contribution in [2.75, 3.05) is 6.61 Å². The summed E-state index contributed by atoms with van der Waals surface area (Å²) in [5, 5.41) is 2.32. The minimum absolute atomic E-state index is 0.0625. The molecular weight excluding hydrogens is 470 g/mol. The average Bonchev–Trinajstić information content (AvgIpc) is 2.73. The van der Waals surface area contributed by atoms with Crippen LogP contribution in [0.1, 0.15) is 34.3 Å². The quantitative estimate of drug-likeness (QED) is 0.313. The molecule has 2 aromatic carbocycles. The highest BCUT2D eigenvalue weighted by Gasteiger charge is 2.11. The molecule has 0 spiro atoms. The van der Waals surface area contributed by atoms with E-state index in [1.165, 1.54) is 0 Å². The monoisotopic (exact) mass is 491 g/mol. The van der Waals surface area contributed by atoms with Crippen molar-refractivity contribution >= 4 is 51.0 Å². The number of thiocarbonyl (C=S) groups is 1. The number of aryl methyl sites for hydroxylation is 1. The van der Waals surface area contributed by atoms with Gasteiger partial charge in [-0.25, -0.2) is 0 Å². The first-order chi connectivity index (χ1) is 14.3. The molecule has 3 N–H and O–H groups in total. The number of nitrogens with one attached hydrogen (secondary N) is 3. The zero-order chi connectivity index (χ0) is 21.9. The number of hydrogen-bond acceptors (Lipinski definition) is 5. The highest BCUT2D eigenvalue weighted by atomic mass is 79.9. The maximum atomic E-state index is 12.1. The molecule has 0 radical (unpaired) electrons. The van der Waals surface area contributed by atoms with Gasteiger partial charge in [-0.2, -0.15) is 0 Å². The standard InChI is InChI=1S/C21H22BrN3O4S/c1-14-7-8-16(13-17(14)22)20(28)24-25-21(30)23-18(26)9-10-19(27)29-12-11-15-5-3-2-4-6-15/h2-8,13H,9-12H2,1H3,(H,24,28)(H2,23,25,26,30). The molecule has 9 heteroatoms. The second-order valence-corrected chi connectivity index (χ2v) is 7.64. The number of carbonyl (C=O) groups excluding carboxylic acids is 3. The molecule has 0 aromatic heterocycles. The predicted octanol–water partition coefficient (Wildman–Crippen LogP) is 2.96. The molecule has 0 bridgehead atoms. The van der Waals surface area contributed by atoms with Gasteiger partial charge in [0.15, 0.2) is 5.11 Å². The highest BCUT2D eigenvalue weighted by molar-refractivity contribution is 9.10. The molecule has 0 saturated heterocycles. The fourth-order valence-corrected chi connectivity index (χ4v) is 2.90. The van der Waals surface area contributed by atoms with Crippen LogP contribution in [0.2, 0.25) is 0 Å². The molecule has 0 aliphatic carbocycles. The summed E-state index contributed by atoms with van der Waals surface area (Å²) in [5.74, 6) is -1.33. The number of hydrogen-bond donors (Lipinski definition) is 3. The number of halogens is 1. The van der Waals surface area contributed by atoms with E-state index in [9.17, 15) is 14.4 Å². The van der Waals surface area contributed by atoms with Gasteiger partial charge in [-0.15, -0.1) is 0 Å². The summed E-state index contributed by atoms with van der Waals surface area (Å²) in [4.78, 5) is 35.7. The maximum absolute atomic E-state index is 12.1. The van der Waals surface area contributed by atoms with Gasteiger partial charge in [-0.05, 0) is 42.4 Å². The lowest BCUT2D eigenvalue weighted by Crippen LogP contribution is -2.48. The van der Waals surface area contributed by atoms with E-state index in [2.05, 4.69) is 32.1 Å². The van der Waals surface area contributed by atoms with Crippen molar-refractivity contribution < 1.29 is 19.1 Å². The topological polar surface area (TPSA) is 96.5 Å². The second kappa shape index (κ2) is 12.0. The van der Waals surface area contributed by atoms with Gasteiger partial charge in [0.05, 0.1) is 13.0 Å². The third-order valence-electron chi connectivity index (χ3n) is 4.03. The van der Waals surface area contributed by atoms with Gasteiger partial charge in [0.2, 0.25) is 5.91 Å². The van der Waals surface area contributed by atoms with Crippen molar-refractivity contribution in [1.82, 2.24) is 16.2 Å². The molecule has 0 saturated carbocycles. The number of benzene rings is 2. The van der Waals surface area contributed by atoms with Crippen LogP contribution in [0, 0.1) is 6.92 Å². The first-order valence-electron chi connectivity index (χ1n) is 9.21. The molecule has 2 rings (SSSR count). The Labute approximate surface area is 188 Å². The Morgan fingerprint density at radius 1 is 1.03 bits per heavy atom. The largest absolute Gasteiger partial charge is 0.465 e. The van der Waals surface area contributed by atoms with Gasteiger partial charge in [0.25, 0.3) is 5.91 Å². The van der Waals surface area contributed by atoms with E-state index in [4.69, 9.17) is 17.0 Å². The molecule has 0 aliphatic heterocycles. The van der Waals surface area contributed by atoms with Gasteiger partial charge >= 0.3 is 5.97 Å².